The van der Waals surface area contributed by atoms with E-state index in [2.05, 4.69) is 19.9 Å². The van der Waals surface area contributed by atoms with Gasteiger partial charge in [0.2, 0.25) is 11.2 Å². The molecule has 0 radical (unpaired) electrons. The molecule has 0 saturated heterocycles. The fourth-order valence-corrected chi connectivity index (χ4v) is 3.22. The van der Waals surface area contributed by atoms with Crippen LogP contribution in [0.3, 0.4) is 0 Å². The lowest BCUT2D eigenvalue weighted by Crippen LogP contribution is -2.05. The number of alkyl halides is 3. The molecule has 1 aromatic carbocycles. The van der Waals surface area contributed by atoms with E-state index in [4.69, 9.17) is 16.3 Å². The summed E-state index contributed by atoms with van der Waals surface area (Å²) < 4.78 is 46.6. The molecule has 0 spiro atoms. The summed E-state index contributed by atoms with van der Waals surface area (Å²) in [6, 6.07) is 10.3. The fraction of sp³-hybridized carbons (Fsp3) is 0.238. The molecule has 31 heavy (non-hydrogen) atoms. The molecule has 0 atom stereocenters. The zero-order chi connectivity index (χ0) is 22.2. The number of hydrogen-bond donors (Lipinski definition) is 0. The van der Waals surface area contributed by atoms with Crippen molar-refractivity contribution < 1.29 is 17.9 Å². The van der Waals surface area contributed by atoms with Gasteiger partial charge in [0.15, 0.2) is 11.3 Å². The van der Waals surface area contributed by atoms with Gasteiger partial charge in [0.25, 0.3) is 0 Å². The minimum absolute atomic E-state index is 0.0255. The first kappa shape index (κ1) is 21.0. The van der Waals surface area contributed by atoms with Crippen molar-refractivity contribution >= 4 is 22.6 Å². The second-order valence-electron chi connectivity index (χ2n) is 7.11. The van der Waals surface area contributed by atoms with Crippen LogP contribution in [0, 0.1) is 0 Å². The highest BCUT2D eigenvalue weighted by Crippen LogP contribution is 2.32. The van der Waals surface area contributed by atoms with E-state index in [9.17, 15) is 13.2 Å². The number of rotatable bonds is 5. The van der Waals surface area contributed by atoms with Crippen molar-refractivity contribution in [2.75, 3.05) is 0 Å². The van der Waals surface area contributed by atoms with Crippen LogP contribution in [0.5, 0.6) is 5.88 Å². The van der Waals surface area contributed by atoms with Crippen molar-refractivity contribution in [3.05, 3.63) is 65.3 Å². The Hall–Kier alpha value is -3.20. The number of hydrogen-bond acceptors (Lipinski definition) is 5. The normalized spacial score (nSPS) is 12.0. The minimum atomic E-state index is -4.50. The molecule has 160 valence electrons. The highest BCUT2D eigenvalue weighted by atomic mass is 35.5. The van der Waals surface area contributed by atoms with Crippen LogP contribution in [0.2, 0.25) is 5.28 Å². The van der Waals surface area contributed by atoms with E-state index >= 15 is 0 Å². The smallest absolute Gasteiger partial charge is 0.434 e. The summed E-state index contributed by atoms with van der Waals surface area (Å²) >= 11 is 5.94. The number of imidazole rings is 1. The molecule has 0 aliphatic carbocycles. The largest absolute Gasteiger partial charge is 0.472 e. The Labute approximate surface area is 180 Å². The average Bonchev–Trinajstić information content (AvgIpc) is 3.19. The molecule has 10 heteroatoms. The lowest BCUT2D eigenvalue weighted by atomic mass is 10.1. The number of benzene rings is 1. The van der Waals surface area contributed by atoms with Gasteiger partial charge in [0.05, 0.1) is 5.39 Å². The van der Waals surface area contributed by atoms with Crippen LogP contribution >= 0.6 is 11.6 Å². The topological polar surface area (TPSA) is 65.7 Å². The van der Waals surface area contributed by atoms with Gasteiger partial charge >= 0.3 is 6.18 Å². The molecule has 0 unspecified atom stereocenters. The van der Waals surface area contributed by atoms with Gasteiger partial charge in [-0.1, -0.05) is 24.3 Å². The Morgan fingerprint density at radius 1 is 1.06 bits per heavy atom. The third kappa shape index (κ3) is 4.46. The van der Waals surface area contributed by atoms with Crippen LogP contribution in [0.25, 0.3) is 22.4 Å². The molecular formula is C21H17ClF3N5O. The lowest BCUT2D eigenvalue weighted by Gasteiger charge is -2.12. The molecule has 3 heterocycles. The second kappa shape index (κ2) is 8.14. The number of pyridine rings is 1. The van der Waals surface area contributed by atoms with Gasteiger partial charge in [0.1, 0.15) is 12.4 Å². The van der Waals surface area contributed by atoms with Gasteiger partial charge in [-0.25, -0.2) is 9.97 Å². The highest BCUT2D eigenvalue weighted by molar-refractivity contribution is 6.28. The van der Waals surface area contributed by atoms with Crippen LogP contribution in [0.1, 0.15) is 31.1 Å². The summed E-state index contributed by atoms with van der Waals surface area (Å²) in [4.78, 5) is 16.1. The Bertz CT molecular complexity index is 1220. The number of ether oxygens (including phenoxy) is 1. The van der Waals surface area contributed by atoms with E-state index in [1.165, 1.54) is 4.57 Å². The van der Waals surface area contributed by atoms with Crippen molar-refractivity contribution in [3.8, 4) is 17.3 Å². The Morgan fingerprint density at radius 2 is 1.81 bits per heavy atom. The van der Waals surface area contributed by atoms with Gasteiger partial charge in [0, 0.05) is 24.0 Å². The summed E-state index contributed by atoms with van der Waals surface area (Å²) in [5.74, 6) is 0.562. The molecule has 0 bridgehead atoms. The molecule has 0 amide bonds. The molecule has 4 rings (SSSR count). The monoisotopic (exact) mass is 447 g/mol. The summed E-state index contributed by atoms with van der Waals surface area (Å²) in [5, 5.41) is 0.652. The van der Waals surface area contributed by atoms with E-state index < -0.39 is 11.9 Å². The Morgan fingerprint density at radius 3 is 2.48 bits per heavy atom. The maximum atomic E-state index is 13.1. The molecule has 0 saturated carbocycles. The first-order valence-electron chi connectivity index (χ1n) is 9.39. The molecule has 0 N–H and O–H groups in total. The Balaban J connectivity index is 1.57. The Kier molecular flexibility index (Phi) is 5.53. The number of nitrogens with zero attached hydrogens (tertiary/aromatic N) is 5. The van der Waals surface area contributed by atoms with Crippen molar-refractivity contribution in [1.29, 1.82) is 0 Å². The van der Waals surface area contributed by atoms with Gasteiger partial charge in [-0.3, -0.25) is 0 Å². The van der Waals surface area contributed by atoms with Crippen molar-refractivity contribution in [2.24, 2.45) is 0 Å². The molecule has 3 aromatic heterocycles. The minimum Gasteiger partial charge on any atom is -0.472 e. The quantitative estimate of drug-likeness (QED) is 0.366. The van der Waals surface area contributed by atoms with Gasteiger partial charge in [-0.05, 0) is 43.1 Å². The first-order valence-corrected chi connectivity index (χ1v) is 9.76. The second-order valence-corrected chi connectivity index (χ2v) is 7.44. The fourth-order valence-electron chi connectivity index (χ4n) is 3.06. The number of halogens is 4. The van der Waals surface area contributed by atoms with Crippen LogP contribution in [-0.2, 0) is 12.8 Å². The molecule has 4 aromatic rings. The van der Waals surface area contributed by atoms with E-state index in [1.54, 1.807) is 56.4 Å². The van der Waals surface area contributed by atoms with Crippen molar-refractivity contribution in [1.82, 2.24) is 24.5 Å². The molecule has 0 fully saturated rings. The van der Waals surface area contributed by atoms with Crippen LogP contribution < -0.4 is 4.74 Å². The van der Waals surface area contributed by atoms with E-state index in [1.807, 2.05) is 0 Å². The SMILES string of the molecule is CC(C)n1cc(C(F)(F)F)nc1-c1ccc(COc2nc(Cl)nc3ncccc23)cc1. The van der Waals surface area contributed by atoms with Crippen LogP contribution in [0.4, 0.5) is 13.2 Å². The summed E-state index contributed by atoms with van der Waals surface area (Å²) in [6.07, 6.45) is -1.87. The van der Waals surface area contributed by atoms with Crippen LogP contribution in [-0.4, -0.2) is 24.5 Å². The number of aromatic nitrogens is 5. The molecule has 0 aliphatic heterocycles. The third-order valence-corrected chi connectivity index (χ3v) is 4.74. The van der Waals surface area contributed by atoms with Gasteiger partial charge in [-0.2, -0.15) is 23.1 Å². The third-order valence-electron chi connectivity index (χ3n) is 4.58. The maximum Gasteiger partial charge on any atom is 0.434 e. The molecular weight excluding hydrogens is 431 g/mol. The first-order chi connectivity index (χ1) is 14.7. The lowest BCUT2D eigenvalue weighted by molar-refractivity contribution is -0.140. The van der Waals surface area contributed by atoms with Crippen molar-refractivity contribution in [2.45, 2.75) is 32.7 Å². The summed E-state index contributed by atoms with van der Waals surface area (Å²) in [7, 11) is 0. The predicted molar refractivity (Wildman–Crippen MR) is 110 cm³/mol. The van der Waals surface area contributed by atoms with E-state index in [0.717, 1.165) is 11.8 Å². The number of fused-ring (bicyclic) bond motifs is 1. The summed E-state index contributed by atoms with van der Waals surface area (Å²) in [5.41, 5.74) is 0.889. The van der Waals surface area contributed by atoms with Gasteiger partial charge < -0.3 is 9.30 Å². The highest BCUT2D eigenvalue weighted by Gasteiger charge is 2.35. The zero-order valence-electron chi connectivity index (χ0n) is 16.6. The standard InChI is InChI=1S/C21H17ClF3N5O/c1-12(2)30-10-16(21(23,24)25)27-18(30)14-7-5-13(6-8-14)11-31-19-15-4-3-9-26-17(15)28-20(22)29-19/h3-10,12H,11H2,1-2H3. The van der Waals surface area contributed by atoms with Gasteiger partial charge in [-0.15, -0.1) is 0 Å². The average molecular weight is 448 g/mol. The molecule has 6 nitrogen and oxygen atoms in total. The van der Waals surface area contributed by atoms with E-state index in [-0.39, 0.29) is 23.8 Å². The predicted octanol–water partition coefficient (Wildman–Crippen LogP) is 5.72. The maximum absolute atomic E-state index is 13.1. The van der Waals surface area contributed by atoms with E-state index in [0.29, 0.717) is 22.5 Å². The zero-order valence-corrected chi connectivity index (χ0v) is 17.3. The molecule has 0 aliphatic rings. The van der Waals surface area contributed by atoms with Crippen LogP contribution in [0.15, 0.2) is 48.8 Å². The van der Waals surface area contributed by atoms with Crippen molar-refractivity contribution in [3.63, 3.8) is 0 Å². The summed E-state index contributed by atoms with van der Waals surface area (Å²) in [6.45, 7) is 3.79.